The van der Waals surface area contributed by atoms with Gasteiger partial charge in [-0.15, -0.1) is 0 Å². The largest absolute Gasteiger partial charge is 0.317 e. The molecule has 0 amide bonds. The summed E-state index contributed by atoms with van der Waals surface area (Å²) in [6.07, 6.45) is 4.63. The van der Waals surface area contributed by atoms with Gasteiger partial charge in [0.25, 0.3) is 0 Å². The van der Waals surface area contributed by atoms with E-state index >= 15 is 0 Å². The molecule has 14 heavy (non-hydrogen) atoms. The van der Waals surface area contributed by atoms with Gasteiger partial charge in [-0.3, -0.25) is 4.79 Å². The molecule has 2 rings (SSSR count). The Morgan fingerprint density at radius 1 is 1.50 bits per heavy atom. The molecule has 80 valence electrons. The molecule has 2 heteroatoms. The van der Waals surface area contributed by atoms with Crippen LogP contribution in [0.2, 0.25) is 0 Å². The van der Waals surface area contributed by atoms with Crippen molar-refractivity contribution in [1.82, 2.24) is 5.32 Å². The second kappa shape index (κ2) is 3.65. The molecule has 2 unspecified atom stereocenters. The minimum atomic E-state index is 0.286. The highest BCUT2D eigenvalue weighted by Gasteiger charge is 2.57. The molecule has 1 saturated carbocycles. The van der Waals surface area contributed by atoms with Crippen LogP contribution in [0.3, 0.4) is 0 Å². The minimum absolute atomic E-state index is 0.286. The molecule has 0 radical (unpaired) electrons. The predicted molar refractivity (Wildman–Crippen MR) is 57.1 cm³/mol. The van der Waals surface area contributed by atoms with Crippen LogP contribution in [0.5, 0.6) is 0 Å². The van der Waals surface area contributed by atoms with Crippen LogP contribution in [-0.4, -0.2) is 18.9 Å². The lowest BCUT2D eigenvalue weighted by atomic mass is 9.87. The standard InChI is InChI=1S/C12H21NO/c1-3-9(2)11(14)10-8-12(10)4-6-13-7-5-12/h9-10,13H,3-8H2,1-2H3. The first-order chi connectivity index (χ1) is 6.69. The zero-order chi connectivity index (χ0) is 10.2. The van der Waals surface area contributed by atoms with Gasteiger partial charge in [0.2, 0.25) is 0 Å². The summed E-state index contributed by atoms with van der Waals surface area (Å²) in [5.74, 6) is 1.24. The van der Waals surface area contributed by atoms with Crippen molar-refractivity contribution in [2.24, 2.45) is 17.3 Å². The highest BCUT2D eigenvalue weighted by Crippen LogP contribution is 2.59. The van der Waals surface area contributed by atoms with Gasteiger partial charge in [-0.1, -0.05) is 13.8 Å². The van der Waals surface area contributed by atoms with E-state index in [1.807, 2.05) is 0 Å². The van der Waals surface area contributed by atoms with Crippen LogP contribution in [0.1, 0.15) is 39.5 Å². The second-order valence-electron chi connectivity index (χ2n) is 5.08. The molecular formula is C12H21NO. The number of nitrogens with one attached hydrogen (secondary N) is 1. The summed E-state index contributed by atoms with van der Waals surface area (Å²) in [4.78, 5) is 12.0. The normalized spacial score (nSPS) is 31.4. The van der Waals surface area contributed by atoms with Crippen LogP contribution < -0.4 is 5.32 Å². The molecule has 1 saturated heterocycles. The smallest absolute Gasteiger partial charge is 0.139 e. The number of piperidine rings is 1. The van der Waals surface area contributed by atoms with Gasteiger partial charge in [-0.25, -0.2) is 0 Å². The molecule has 2 fully saturated rings. The van der Waals surface area contributed by atoms with E-state index in [9.17, 15) is 4.79 Å². The molecule has 0 aromatic rings. The summed E-state index contributed by atoms with van der Waals surface area (Å²) in [7, 11) is 0. The highest BCUT2D eigenvalue weighted by molar-refractivity contribution is 5.86. The third-order valence-electron chi connectivity index (χ3n) is 4.23. The third kappa shape index (κ3) is 1.60. The van der Waals surface area contributed by atoms with E-state index < -0.39 is 0 Å². The summed E-state index contributed by atoms with van der Waals surface area (Å²) in [5, 5.41) is 3.37. The van der Waals surface area contributed by atoms with E-state index in [2.05, 4.69) is 19.2 Å². The quantitative estimate of drug-likeness (QED) is 0.746. The fourth-order valence-corrected chi connectivity index (χ4v) is 2.77. The zero-order valence-corrected chi connectivity index (χ0v) is 9.31. The summed E-state index contributed by atoms with van der Waals surface area (Å²) >= 11 is 0. The van der Waals surface area contributed by atoms with Crippen molar-refractivity contribution < 1.29 is 4.79 Å². The molecule has 0 bridgehead atoms. The van der Waals surface area contributed by atoms with Crippen molar-refractivity contribution in [3.63, 3.8) is 0 Å². The summed E-state index contributed by atoms with van der Waals surface area (Å²) in [5.41, 5.74) is 0.436. The van der Waals surface area contributed by atoms with Gasteiger partial charge in [0, 0.05) is 11.8 Å². The van der Waals surface area contributed by atoms with E-state index in [1.54, 1.807) is 0 Å². The van der Waals surface area contributed by atoms with Crippen LogP contribution in [0.15, 0.2) is 0 Å². The van der Waals surface area contributed by atoms with Crippen LogP contribution in [0, 0.1) is 17.3 Å². The molecule has 1 heterocycles. The maximum Gasteiger partial charge on any atom is 0.139 e. The van der Waals surface area contributed by atoms with Gasteiger partial charge < -0.3 is 5.32 Å². The fraction of sp³-hybridized carbons (Fsp3) is 0.917. The van der Waals surface area contributed by atoms with Gasteiger partial charge >= 0.3 is 0 Å². The topological polar surface area (TPSA) is 29.1 Å². The monoisotopic (exact) mass is 195 g/mol. The molecule has 2 nitrogen and oxygen atoms in total. The number of rotatable bonds is 3. The Bertz CT molecular complexity index is 230. The number of hydrogen-bond donors (Lipinski definition) is 1. The second-order valence-corrected chi connectivity index (χ2v) is 5.08. The number of Topliss-reactive ketones (excluding diaryl/α,β-unsaturated/α-hetero) is 1. The van der Waals surface area contributed by atoms with Crippen molar-refractivity contribution in [2.75, 3.05) is 13.1 Å². The molecule has 0 aromatic carbocycles. The van der Waals surface area contributed by atoms with Crippen molar-refractivity contribution in [1.29, 1.82) is 0 Å². The molecular weight excluding hydrogens is 174 g/mol. The van der Waals surface area contributed by atoms with E-state index in [-0.39, 0.29) is 5.92 Å². The van der Waals surface area contributed by atoms with Crippen molar-refractivity contribution in [2.45, 2.75) is 39.5 Å². The zero-order valence-electron chi connectivity index (χ0n) is 9.31. The molecule has 1 spiro atoms. The van der Waals surface area contributed by atoms with Gasteiger partial charge in [-0.2, -0.15) is 0 Å². The molecule has 0 aromatic heterocycles. The predicted octanol–water partition coefficient (Wildman–Crippen LogP) is 1.99. The van der Waals surface area contributed by atoms with Crippen LogP contribution in [-0.2, 0) is 4.79 Å². The Kier molecular flexibility index (Phi) is 2.65. The van der Waals surface area contributed by atoms with Crippen molar-refractivity contribution in [3.05, 3.63) is 0 Å². The van der Waals surface area contributed by atoms with Crippen molar-refractivity contribution in [3.8, 4) is 0 Å². The van der Waals surface area contributed by atoms with E-state index in [4.69, 9.17) is 0 Å². The van der Waals surface area contributed by atoms with E-state index in [0.717, 1.165) is 19.5 Å². The van der Waals surface area contributed by atoms with Crippen LogP contribution in [0.25, 0.3) is 0 Å². The Hall–Kier alpha value is -0.370. The van der Waals surface area contributed by atoms with Crippen LogP contribution in [0.4, 0.5) is 0 Å². The summed E-state index contributed by atoms with van der Waals surface area (Å²) < 4.78 is 0. The average molecular weight is 195 g/mol. The molecule has 1 aliphatic heterocycles. The molecule has 2 atom stereocenters. The average Bonchev–Trinajstić information content (AvgIpc) is 2.91. The van der Waals surface area contributed by atoms with E-state index in [0.29, 0.717) is 17.1 Å². The lowest BCUT2D eigenvalue weighted by molar-refractivity contribution is -0.124. The van der Waals surface area contributed by atoms with E-state index in [1.165, 1.54) is 19.3 Å². The maximum atomic E-state index is 12.0. The Labute approximate surface area is 86.5 Å². The van der Waals surface area contributed by atoms with Gasteiger partial charge in [-0.05, 0) is 44.2 Å². The first-order valence-electron chi connectivity index (χ1n) is 5.94. The minimum Gasteiger partial charge on any atom is -0.317 e. The fourth-order valence-electron chi connectivity index (χ4n) is 2.77. The van der Waals surface area contributed by atoms with Crippen LogP contribution >= 0.6 is 0 Å². The molecule has 1 aliphatic carbocycles. The summed E-state index contributed by atoms with van der Waals surface area (Å²) in [6.45, 7) is 6.42. The highest BCUT2D eigenvalue weighted by atomic mass is 16.1. The first kappa shape index (κ1) is 10.2. The van der Waals surface area contributed by atoms with Gasteiger partial charge in [0.1, 0.15) is 5.78 Å². The Balaban J connectivity index is 1.93. The molecule has 1 N–H and O–H groups in total. The van der Waals surface area contributed by atoms with Crippen molar-refractivity contribution >= 4 is 5.78 Å². The maximum absolute atomic E-state index is 12.0. The van der Waals surface area contributed by atoms with Gasteiger partial charge in [0.15, 0.2) is 0 Å². The number of ketones is 1. The molecule has 2 aliphatic rings. The Morgan fingerprint density at radius 2 is 2.14 bits per heavy atom. The SMILES string of the molecule is CCC(C)C(=O)C1CC12CCNCC2. The summed E-state index contributed by atoms with van der Waals surface area (Å²) in [6, 6.07) is 0. The Morgan fingerprint density at radius 3 is 2.71 bits per heavy atom. The third-order valence-corrected chi connectivity index (χ3v) is 4.23. The lowest BCUT2D eigenvalue weighted by Gasteiger charge is -2.23. The number of carbonyl (C=O) groups is 1. The lowest BCUT2D eigenvalue weighted by Crippen LogP contribution is -2.31. The number of carbonyl (C=O) groups excluding carboxylic acids is 1. The number of hydrogen-bond acceptors (Lipinski definition) is 2. The first-order valence-corrected chi connectivity index (χ1v) is 5.94. The van der Waals surface area contributed by atoms with Gasteiger partial charge in [0.05, 0.1) is 0 Å².